The van der Waals surface area contributed by atoms with Crippen LogP contribution in [0.3, 0.4) is 0 Å². The summed E-state index contributed by atoms with van der Waals surface area (Å²) >= 11 is 5.99. The lowest BCUT2D eigenvalue weighted by molar-refractivity contribution is 0.318. The van der Waals surface area contributed by atoms with E-state index in [0.717, 1.165) is 11.1 Å². The molecule has 0 bridgehead atoms. The topological polar surface area (TPSA) is 140 Å². The monoisotopic (exact) mass is 464 g/mol. The number of halogens is 1. The summed E-state index contributed by atoms with van der Waals surface area (Å²) in [5.74, 6) is 0.178. The highest BCUT2D eigenvalue weighted by Crippen LogP contribution is 2.32. The number of anilines is 1. The highest BCUT2D eigenvalue weighted by molar-refractivity contribution is 6.29. The molecule has 9 nitrogen and oxygen atoms in total. The van der Waals surface area contributed by atoms with Crippen molar-refractivity contribution in [1.29, 1.82) is 0 Å². The van der Waals surface area contributed by atoms with Gasteiger partial charge in [0.1, 0.15) is 22.1 Å². The van der Waals surface area contributed by atoms with Crippen LogP contribution in [0, 0.1) is 13.8 Å². The average molecular weight is 465 g/mol. The molecule has 1 aromatic carbocycles. The fourth-order valence-electron chi connectivity index (χ4n) is 3.66. The van der Waals surface area contributed by atoms with E-state index in [1.54, 1.807) is 43.7 Å². The van der Waals surface area contributed by atoms with Crippen LogP contribution < -0.4 is 16.5 Å². The fraction of sp³-hybridized carbons (Fsp3) is 0.174. The molecule has 4 N–H and O–H groups in total. The molecule has 0 spiro atoms. The number of nitrogens with one attached hydrogen (secondary N) is 1. The number of benzene rings is 1. The molecule has 0 saturated carbocycles. The van der Waals surface area contributed by atoms with E-state index in [2.05, 4.69) is 25.4 Å². The summed E-state index contributed by atoms with van der Waals surface area (Å²) in [5.41, 5.74) is 9.34. The Balaban J connectivity index is 1.88. The van der Waals surface area contributed by atoms with Gasteiger partial charge in [-0.3, -0.25) is 9.78 Å². The van der Waals surface area contributed by atoms with Gasteiger partial charge in [-0.1, -0.05) is 22.8 Å². The first kappa shape index (κ1) is 22.2. The minimum Gasteiger partial charge on any atom is -0.453 e. The van der Waals surface area contributed by atoms with Gasteiger partial charge in [0, 0.05) is 23.5 Å². The standard InChI is InChI=1S/C23H21ClN6O3/c1-11-8-14(13(3)28-16-4-5-18(24)29-19(16)23(25)30-32)22-15(9-11)20(31)12(2)21(33-22)17-10-26-6-7-27-17/h4-10,13,28,32H,1-3H3,(H2,25,30)/t13-/m1/s1. The molecular weight excluding hydrogens is 444 g/mol. The van der Waals surface area contributed by atoms with Gasteiger partial charge in [-0.25, -0.2) is 9.97 Å². The normalized spacial score (nSPS) is 12.7. The van der Waals surface area contributed by atoms with Crippen LogP contribution in [0.1, 0.15) is 35.3 Å². The zero-order valence-electron chi connectivity index (χ0n) is 18.1. The van der Waals surface area contributed by atoms with Crippen molar-refractivity contribution in [2.45, 2.75) is 26.8 Å². The lowest BCUT2D eigenvalue weighted by atomic mass is 9.99. The minimum absolute atomic E-state index is 0.139. The van der Waals surface area contributed by atoms with Crippen molar-refractivity contribution < 1.29 is 9.62 Å². The Bertz CT molecular complexity index is 1440. The number of hydrogen-bond donors (Lipinski definition) is 3. The van der Waals surface area contributed by atoms with Gasteiger partial charge in [-0.15, -0.1) is 0 Å². The fourth-order valence-corrected chi connectivity index (χ4v) is 3.80. The van der Waals surface area contributed by atoms with Crippen molar-refractivity contribution in [1.82, 2.24) is 15.0 Å². The first-order valence-electron chi connectivity index (χ1n) is 10.1. The maximum atomic E-state index is 13.2. The Morgan fingerprint density at radius 2 is 2.06 bits per heavy atom. The van der Waals surface area contributed by atoms with E-state index in [9.17, 15) is 4.79 Å². The quantitative estimate of drug-likeness (QED) is 0.131. The molecule has 33 heavy (non-hydrogen) atoms. The number of amidine groups is 1. The smallest absolute Gasteiger partial charge is 0.196 e. The lowest BCUT2D eigenvalue weighted by Gasteiger charge is -2.20. The van der Waals surface area contributed by atoms with Gasteiger partial charge in [0.15, 0.2) is 17.0 Å². The predicted octanol–water partition coefficient (Wildman–Crippen LogP) is 4.18. The van der Waals surface area contributed by atoms with E-state index in [1.165, 1.54) is 0 Å². The second kappa shape index (κ2) is 8.87. The van der Waals surface area contributed by atoms with Gasteiger partial charge in [-0.2, -0.15) is 0 Å². The summed E-state index contributed by atoms with van der Waals surface area (Å²) < 4.78 is 6.25. The van der Waals surface area contributed by atoms with Crippen molar-refractivity contribution in [3.63, 3.8) is 0 Å². The number of nitrogens with two attached hydrogens (primary N) is 1. The summed E-state index contributed by atoms with van der Waals surface area (Å²) in [7, 11) is 0. The van der Waals surface area contributed by atoms with Crippen LogP contribution in [-0.4, -0.2) is 26.0 Å². The van der Waals surface area contributed by atoms with Crippen LogP contribution in [0.4, 0.5) is 5.69 Å². The van der Waals surface area contributed by atoms with Gasteiger partial charge in [0.05, 0.1) is 23.3 Å². The van der Waals surface area contributed by atoms with Crippen LogP contribution in [0.2, 0.25) is 5.15 Å². The van der Waals surface area contributed by atoms with Gasteiger partial charge < -0.3 is 20.7 Å². The Morgan fingerprint density at radius 3 is 2.76 bits per heavy atom. The molecule has 0 aliphatic rings. The van der Waals surface area contributed by atoms with Crippen molar-refractivity contribution in [2.24, 2.45) is 10.9 Å². The van der Waals surface area contributed by atoms with Gasteiger partial charge in [-0.05, 0) is 44.5 Å². The molecule has 0 radical (unpaired) electrons. The van der Waals surface area contributed by atoms with Crippen LogP contribution in [0.15, 0.2) is 57.2 Å². The number of oxime groups is 1. The van der Waals surface area contributed by atoms with Gasteiger partial charge >= 0.3 is 0 Å². The van der Waals surface area contributed by atoms with E-state index in [0.29, 0.717) is 33.7 Å². The maximum absolute atomic E-state index is 13.2. The zero-order valence-corrected chi connectivity index (χ0v) is 18.9. The number of pyridine rings is 1. The molecule has 0 fully saturated rings. The molecule has 168 valence electrons. The number of rotatable bonds is 5. The lowest BCUT2D eigenvalue weighted by Crippen LogP contribution is -2.19. The number of aryl methyl sites for hydroxylation is 1. The molecule has 3 aromatic heterocycles. The first-order valence-corrected chi connectivity index (χ1v) is 10.4. The Kier molecular flexibility index (Phi) is 5.97. The van der Waals surface area contributed by atoms with E-state index >= 15 is 0 Å². The van der Waals surface area contributed by atoms with E-state index in [-0.39, 0.29) is 28.2 Å². The molecule has 0 aliphatic heterocycles. The summed E-state index contributed by atoms with van der Waals surface area (Å²) in [6.07, 6.45) is 4.65. The van der Waals surface area contributed by atoms with Crippen molar-refractivity contribution >= 4 is 34.1 Å². The van der Waals surface area contributed by atoms with E-state index in [1.807, 2.05) is 19.9 Å². The Labute approximate surface area is 194 Å². The number of fused-ring (bicyclic) bond motifs is 1. The van der Waals surface area contributed by atoms with Gasteiger partial charge in [0.25, 0.3) is 0 Å². The molecular formula is C23H21ClN6O3. The number of aromatic nitrogens is 3. The molecule has 3 heterocycles. The van der Waals surface area contributed by atoms with Crippen molar-refractivity contribution in [3.05, 3.63) is 80.6 Å². The average Bonchev–Trinajstić information content (AvgIpc) is 2.82. The summed E-state index contributed by atoms with van der Waals surface area (Å²) in [6, 6.07) is 6.67. The molecule has 0 unspecified atom stereocenters. The molecule has 0 amide bonds. The number of hydrogen-bond acceptors (Lipinski definition) is 8. The van der Waals surface area contributed by atoms with Crippen LogP contribution in [0.5, 0.6) is 0 Å². The van der Waals surface area contributed by atoms with Crippen LogP contribution >= 0.6 is 11.6 Å². The summed E-state index contributed by atoms with van der Waals surface area (Å²) in [6.45, 7) is 5.52. The molecule has 10 heteroatoms. The van der Waals surface area contributed by atoms with Gasteiger partial charge in [0.2, 0.25) is 0 Å². The second-order valence-corrected chi connectivity index (χ2v) is 7.98. The largest absolute Gasteiger partial charge is 0.453 e. The molecule has 0 saturated heterocycles. The van der Waals surface area contributed by atoms with Crippen molar-refractivity contribution in [3.8, 4) is 11.5 Å². The first-order chi connectivity index (χ1) is 15.8. The highest BCUT2D eigenvalue weighted by Gasteiger charge is 2.21. The SMILES string of the molecule is Cc1cc([C@@H](C)Nc2ccc(Cl)nc2/C(N)=N/O)c2oc(-c3cnccn3)c(C)c(=O)c2c1. The van der Waals surface area contributed by atoms with Crippen LogP contribution in [-0.2, 0) is 0 Å². The number of nitrogens with zero attached hydrogens (tertiary/aromatic N) is 4. The van der Waals surface area contributed by atoms with Crippen LogP contribution in [0.25, 0.3) is 22.4 Å². The Hall–Kier alpha value is -3.98. The maximum Gasteiger partial charge on any atom is 0.196 e. The molecule has 4 rings (SSSR count). The molecule has 0 aliphatic carbocycles. The predicted molar refractivity (Wildman–Crippen MR) is 127 cm³/mol. The van der Waals surface area contributed by atoms with E-state index < -0.39 is 0 Å². The third kappa shape index (κ3) is 4.22. The zero-order chi connectivity index (χ0) is 23.7. The molecule has 1 atom stereocenters. The molecule has 4 aromatic rings. The third-order valence-electron chi connectivity index (χ3n) is 5.24. The Morgan fingerprint density at radius 1 is 1.27 bits per heavy atom. The summed E-state index contributed by atoms with van der Waals surface area (Å²) in [5, 5.41) is 16.1. The van der Waals surface area contributed by atoms with Crippen molar-refractivity contribution in [2.75, 3.05) is 5.32 Å². The summed E-state index contributed by atoms with van der Waals surface area (Å²) in [4.78, 5) is 25.7. The second-order valence-electron chi connectivity index (χ2n) is 7.59. The van der Waals surface area contributed by atoms with E-state index in [4.69, 9.17) is 27.0 Å². The minimum atomic E-state index is -0.346. The highest BCUT2D eigenvalue weighted by atomic mass is 35.5. The third-order valence-corrected chi connectivity index (χ3v) is 5.45.